The van der Waals surface area contributed by atoms with Crippen LogP contribution in [0.2, 0.25) is 0 Å². The molecular weight excluding hydrogens is 360 g/mol. The maximum absolute atomic E-state index is 12.8. The van der Waals surface area contributed by atoms with Gasteiger partial charge in [-0.15, -0.1) is 0 Å². The topological polar surface area (TPSA) is 118 Å². The number of rotatable bonds is 2. The molecule has 0 saturated heterocycles. The fourth-order valence-corrected chi connectivity index (χ4v) is 6.73. The first-order valence-corrected chi connectivity index (χ1v) is 10.0. The summed E-state index contributed by atoms with van der Waals surface area (Å²) in [5, 5.41) is 53.8. The summed E-state index contributed by atoms with van der Waals surface area (Å²) < 4.78 is 0. The normalized spacial score (nSPS) is 50.5. The van der Waals surface area contributed by atoms with Gasteiger partial charge in [0.05, 0.1) is 12.2 Å². The Bertz CT molecular complexity index is 836. The van der Waals surface area contributed by atoms with E-state index >= 15 is 0 Å². The molecule has 154 valence electrons. The third kappa shape index (κ3) is 2.11. The number of fused-ring (bicyclic) bond motifs is 5. The van der Waals surface area contributed by atoms with E-state index in [4.69, 9.17) is 0 Å². The average Bonchev–Trinajstić information content (AvgIpc) is 3.18. The van der Waals surface area contributed by atoms with Gasteiger partial charge in [-0.25, -0.2) is 0 Å². The van der Waals surface area contributed by atoms with Crippen molar-refractivity contribution in [2.45, 2.75) is 51.7 Å². The third-order valence-electron chi connectivity index (χ3n) is 8.25. The molecule has 0 heterocycles. The van der Waals surface area contributed by atoms with Gasteiger partial charge in [-0.1, -0.05) is 26.0 Å². The van der Waals surface area contributed by atoms with Crippen molar-refractivity contribution in [1.82, 2.24) is 0 Å². The number of hydrogen-bond acceptors (Lipinski definition) is 6. The molecule has 0 aliphatic heterocycles. The molecule has 4 aliphatic rings. The lowest BCUT2D eigenvalue weighted by Gasteiger charge is -2.49. The van der Waals surface area contributed by atoms with Crippen LogP contribution in [0.25, 0.3) is 0 Å². The maximum atomic E-state index is 12.8. The van der Waals surface area contributed by atoms with Gasteiger partial charge < -0.3 is 25.5 Å². The number of allylic oxidation sites excluding steroid dienone is 2. The molecule has 0 amide bonds. The van der Waals surface area contributed by atoms with Gasteiger partial charge in [-0.05, 0) is 49.2 Å². The Labute approximate surface area is 164 Å². The molecule has 2 unspecified atom stereocenters. The predicted molar refractivity (Wildman–Crippen MR) is 102 cm³/mol. The molecule has 2 saturated carbocycles. The molecule has 0 aromatic carbocycles. The monoisotopic (exact) mass is 390 g/mol. The van der Waals surface area contributed by atoms with Crippen molar-refractivity contribution < 1.29 is 30.3 Å². The first-order valence-electron chi connectivity index (χ1n) is 10.0. The van der Waals surface area contributed by atoms with Crippen LogP contribution in [0.4, 0.5) is 0 Å². The molecule has 6 heteroatoms. The first-order chi connectivity index (χ1) is 12.9. The van der Waals surface area contributed by atoms with E-state index < -0.39 is 34.2 Å². The van der Waals surface area contributed by atoms with Crippen LogP contribution in [0.5, 0.6) is 0 Å². The molecule has 0 bridgehead atoms. The van der Waals surface area contributed by atoms with E-state index in [-0.39, 0.29) is 42.3 Å². The summed E-state index contributed by atoms with van der Waals surface area (Å²) in [6.07, 6.45) is 4.10. The van der Waals surface area contributed by atoms with Crippen LogP contribution in [0.1, 0.15) is 40.5 Å². The van der Waals surface area contributed by atoms with Crippen LogP contribution in [-0.2, 0) is 4.79 Å². The van der Waals surface area contributed by atoms with Crippen LogP contribution in [-0.4, -0.2) is 49.1 Å². The molecule has 4 rings (SSSR count). The third-order valence-corrected chi connectivity index (χ3v) is 8.25. The summed E-state index contributed by atoms with van der Waals surface area (Å²) in [6.45, 7) is 6.59. The molecule has 0 aromatic heterocycles. The SMILES string of the molecule is CC1=C[C@H]2[C@@]3(O)[C@H](C)CC4[C@H]([C@@H]3C=C(CO)C[C@]2(O)C1=O)C4(C)/C(O)=C(\C)O. The summed E-state index contributed by atoms with van der Waals surface area (Å²) in [7, 11) is 0. The highest BCUT2D eigenvalue weighted by Crippen LogP contribution is 2.75. The Morgan fingerprint density at radius 2 is 1.89 bits per heavy atom. The van der Waals surface area contributed by atoms with Crippen molar-refractivity contribution in [3.8, 4) is 0 Å². The van der Waals surface area contributed by atoms with Gasteiger partial charge in [0.15, 0.2) is 5.78 Å². The van der Waals surface area contributed by atoms with Gasteiger partial charge >= 0.3 is 0 Å². The van der Waals surface area contributed by atoms with Gasteiger partial charge in [-0.3, -0.25) is 4.79 Å². The second kappa shape index (κ2) is 5.71. The number of carbonyl (C=O) groups excluding carboxylic acids is 1. The van der Waals surface area contributed by atoms with E-state index in [1.807, 2.05) is 19.9 Å². The fraction of sp³-hybridized carbons (Fsp3) is 0.682. The standard InChI is InChI=1S/C22H30O6/c1-10-5-16-21(27,18(10)25)8-13(9-23)7-15-17-14(6-11(2)22(15,16)28)20(17,4)19(26)12(3)24/h5,7,11,14-17,23-24,26-28H,6,8-9H2,1-4H3/b19-12-/t11-,14?,15+,16-,17-,20?,21-,22-/m1/s1. The van der Waals surface area contributed by atoms with Crippen LogP contribution in [0, 0.1) is 35.0 Å². The summed E-state index contributed by atoms with van der Waals surface area (Å²) >= 11 is 0. The van der Waals surface area contributed by atoms with Crippen LogP contribution in [0.3, 0.4) is 0 Å². The van der Waals surface area contributed by atoms with Crippen molar-refractivity contribution in [3.63, 3.8) is 0 Å². The fourth-order valence-electron chi connectivity index (χ4n) is 6.73. The second-order valence-electron chi connectivity index (χ2n) is 9.64. The zero-order valence-electron chi connectivity index (χ0n) is 16.8. The Balaban J connectivity index is 1.89. The Morgan fingerprint density at radius 3 is 2.46 bits per heavy atom. The highest BCUT2D eigenvalue weighted by molar-refractivity contribution is 6.04. The number of Topliss-reactive ketones (excluding diaryl/α,β-unsaturated/α-hetero) is 1. The van der Waals surface area contributed by atoms with Crippen molar-refractivity contribution >= 4 is 5.78 Å². The zero-order valence-corrected chi connectivity index (χ0v) is 16.8. The van der Waals surface area contributed by atoms with Gasteiger partial charge in [0.2, 0.25) is 0 Å². The number of carbonyl (C=O) groups is 1. The van der Waals surface area contributed by atoms with E-state index in [0.29, 0.717) is 17.6 Å². The summed E-state index contributed by atoms with van der Waals surface area (Å²) in [5.41, 5.74) is -2.87. The highest BCUT2D eigenvalue weighted by Gasteiger charge is 2.76. The van der Waals surface area contributed by atoms with Crippen molar-refractivity contribution in [2.24, 2.45) is 35.0 Å². The molecule has 8 atom stereocenters. The van der Waals surface area contributed by atoms with Gasteiger partial charge in [0.1, 0.15) is 17.1 Å². The highest BCUT2D eigenvalue weighted by atomic mass is 16.3. The van der Waals surface area contributed by atoms with E-state index in [2.05, 4.69) is 0 Å². The van der Waals surface area contributed by atoms with Crippen LogP contribution in [0.15, 0.2) is 34.8 Å². The summed E-state index contributed by atoms with van der Waals surface area (Å²) in [5.74, 6) is -2.14. The molecule has 4 aliphatic carbocycles. The average molecular weight is 390 g/mol. The van der Waals surface area contributed by atoms with Gasteiger partial charge in [-0.2, -0.15) is 0 Å². The van der Waals surface area contributed by atoms with Gasteiger partial charge in [0, 0.05) is 23.7 Å². The van der Waals surface area contributed by atoms with Crippen molar-refractivity contribution in [3.05, 3.63) is 34.8 Å². The van der Waals surface area contributed by atoms with E-state index in [0.717, 1.165) is 0 Å². The molecule has 2 fully saturated rings. The lowest BCUT2D eigenvalue weighted by Crippen LogP contribution is -2.59. The maximum Gasteiger partial charge on any atom is 0.190 e. The van der Waals surface area contributed by atoms with E-state index in [1.165, 1.54) is 6.92 Å². The second-order valence-corrected chi connectivity index (χ2v) is 9.64. The Hall–Kier alpha value is -1.63. The molecule has 0 radical (unpaired) electrons. The minimum Gasteiger partial charge on any atom is -0.509 e. The summed E-state index contributed by atoms with van der Waals surface area (Å²) in [6, 6.07) is 0. The quantitative estimate of drug-likeness (QED) is 0.364. The Morgan fingerprint density at radius 1 is 1.25 bits per heavy atom. The minimum atomic E-state index is -1.76. The number of ketones is 1. The smallest absolute Gasteiger partial charge is 0.190 e. The van der Waals surface area contributed by atoms with E-state index in [9.17, 15) is 30.3 Å². The molecular formula is C22H30O6. The number of hydrogen-bond donors (Lipinski definition) is 5. The molecule has 28 heavy (non-hydrogen) atoms. The lowest BCUT2D eigenvalue weighted by molar-refractivity contribution is -0.168. The van der Waals surface area contributed by atoms with Crippen LogP contribution >= 0.6 is 0 Å². The van der Waals surface area contributed by atoms with Crippen molar-refractivity contribution in [2.75, 3.05) is 6.61 Å². The number of aliphatic hydroxyl groups is 5. The van der Waals surface area contributed by atoms with Crippen molar-refractivity contribution in [1.29, 1.82) is 0 Å². The number of aliphatic hydroxyl groups excluding tert-OH is 3. The molecule has 5 N–H and O–H groups in total. The molecule has 0 spiro atoms. The summed E-state index contributed by atoms with van der Waals surface area (Å²) in [4.78, 5) is 12.8. The first kappa shape index (κ1) is 19.7. The van der Waals surface area contributed by atoms with Gasteiger partial charge in [0.25, 0.3) is 0 Å². The Kier molecular flexibility index (Phi) is 4.01. The molecule has 0 aromatic rings. The zero-order chi connectivity index (χ0) is 20.8. The lowest BCUT2D eigenvalue weighted by atomic mass is 9.60. The predicted octanol–water partition coefficient (Wildman–Crippen LogP) is 2.17. The molecule has 6 nitrogen and oxygen atoms in total. The van der Waals surface area contributed by atoms with Crippen LogP contribution < -0.4 is 0 Å². The largest absolute Gasteiger partial charge is 0.509 e. The minimum absolute atomic E-state index is 0.0126. The van der Waals surface area contributed by atoms with E-state index in [1.54, 1.807) is 13.0 Å².